The van der Waals surface area contributed by atoms with Gasteiger partial charge in [0.1, 0.15) is 0 Å². The Morgan fingerprint density at radius 1 is 1.37 bits per heavy atom. The van der Waals surface area contributed by atoms with Crippen LogP contribution < -0.4 is 4.90 Å². The molecule has 1 atom stereocenters. The Balaban J connectivity index is 1.92. The van der Waals surface area contributed by atoms with Gasteiger partial charge in [0.05, 0.1) is 10.4 Å². The lowest BCUT2D eigenvalue weighted by molar-refractivity contribution is -0.117. The molecule has 1 aromatic carbocycles. The molecule has 1 aromatic heterocycles. The topological polar surface area (TPSA) is 61.9 Å². The average Bonchev–Trinajstić information content (AvgIpc) is 2.96. The van der Waals surface area contributed by atoms with E-state index in [0.29, 0.717) is 29.8 Å². The summed E-state index contributed by atoms with van der Waals surface area (Å²) in [5.41, 5.74) is 0.747. The van der Waals surface area contributed by atoms with Crippen LogP contribution in [0.2, 0.25) is 5.02 Å². The summed E-state index contributed by atoms with van der Waals surface area (Å²) in [6.45, 7) is 0.431. The van der Waals surface area contributed by atoms with Crippen molar-refractivity contribution in [2.24, 2.45) is 0 Å². The Hall–Kier alpha value is -1.59. The molecule has 98 valence electrons. The Morgan fingerprint density at radius 2 is 2.16 bits per heavy atom. The van der Waals surface area contributed by atoms with Crippen molar-refractivity contribution < 1.29 is 4.79 Å². The van der Waals surface area contributed by atoms with Gasteiger partial charge in [0.15, 0.2) is 5.82 Å². The van der Waals surface area contributed by atoms with Crippen LogP contribution in [0.1, 0.15) is 6.42 Å². The van der Waals surface area contributed by atoms with Crippen LogP contribution in [0.5, 0.6) is 0 Å². The fourth-order valence-electron chi connectivity index (χ4n) is 2.00. The molecule has 1 saturated heterocycles. The van der Waals surface area contributed by atoms with Crippen molar-refractivity contribution in [1.29, 1.82) is 0 Å². The van der Waals surface area contributed by atoms with Gasteiger partial charge in [-0.15, -0.1) is 16.7 Å². The third kappa shape index (κ3) is 2.31. The minimum atomic E-state index is -0.185. The van der Waals surface area contributed by atoms with Crippen LogP contribution in [0, 0.1) is 0 Å². The number of halogens is 2. The van der Waals surface area contributed by atoms with Crippen LogP contribution >= 0.6 is 23.2 Å². The maximum absolute atomic E-state index is 11.7. The maximum Gasteiger partial charge on any atom is 0.251 e. The molecule has 2 aromatic rings. The van der Waals surface area contributed by atoms with Gasteiger partial charge < -0.3 is 0 Å². The molecule has 1 aliphatic heterocycles. The minimum absolute atomic E-state index is 0.0651. The molecule has 0 aliphatic carbocycles. The number of carbonyl (C=O) groups excluding carboxylic acids is 1. The van der Waals surface area contributed by atoms with Crippen molar-refractivity contribution in [3.63, 3.8) is 0 Å². The zero-order valence-electron chi connectivity index (χ0n) is 9.81. The van der Waals surface area contributed by atoms with Crippen molar-refractivity contribution in [2.45, 2.75) is 11.8 Å². The highest BCUT2D eigenvalue weighted by atomic mass is 35.5. The van der Waals surface area contributed by atoms with E-state index in [1.807, 2.05) is 18.2 Å². The number of aromatic amines is 1. The number of nitrogens with zero attached hydrogens (tertiary/aromatic N) is 3. The number of nitrogens with one attached hydrogen (secondary N) is 1. The van der Waals surface area contributed by atoms with Gasteiger partial charge in [-0.2, -0.15) is 4.98 Å². The number of amides is 1. The second-order valence-corrected chi connectivity index (χ2v) is 5.29. The summed E-state index contributed by atoms with van der Waals surface area (Å²) in [6.07, 6.45) is 0.317. The van der Waals surface area contributed by atoms with E-state index < -0.39 is 0 Å². The van der Waals surface area contributed by atoms with Gasteiger partial charge in [-0.05, 0) is 12.1 Å². The predicted molar refractivity (Wildman–Crippen MR) is 73.4 cm³/mol. The number of H-pyrrole nitrogens is 1. The smallest absolute Gasteiger partial charge is 0.251 e. The third-order valence-electron chi connectivity index (χ3n) is 2.92. The quantitative estimate of drug-likeness (QED) is 0.866. The molecule has 1 aliphatic rings. The highest BCUT2D eigenvalue weighted by molar-refractivity contribution is 6.33. The number of benzene rings is 1. The zero-order valence-corrected chi connectivity index (χ0v) is 11.3. The van der Waals surface area contributed by atoms with E-state index in [1.165, 1.54) is 4.90 Å². The van der Waals surface area contributed by atoms with Crippen molar-refractivity contribution in [3.05, 3.63) is 29.3 Å². The standard InChI is InChI=1S/C12H10Cl2N4O/c13-7-5-10(19)18(6-7)12-15-11(16-17-12)8-3-1-2-4-9(8)14/h1-4,7H,5-6H2,(H,15,16,17). The molecule has 0 spiro atoms. The molecular weight excluding hydrogens is 287 g/mol. The van der Waals surface area contributed by atoms with Gasteiger partial charge in [-0.3, -0.25) is 14.8 Å². The second kappa shape index (κ2) is 4.83. The van der Waals surface area contributed by atoms with Gasteiger partial charge in [-0.25, -0.2) is 0 Å². The van der Waals surface area contributed by atoms with E-state index in [2.05, 4.69) is 15.2 Å². The van der Waals surface area contributed by atoms with Crippen LogP contribution in [-0.4, -0.2) is 33.0 Å². The minimum Gasteiger partial charge on any atom is -0.278 e. The number of alkyl halides is 1. The van der Waals surface area contributed by atoms with E-state index in [1.54, 1.807) is 6.07 Å². The first kappa shape index (κ1) is 12.4. The van der Waals surface area contributed by atoms with Crippen LogP contribution in [0.3, 0.4) is 0 Å². The molecule has 1 unspecified atom stereocenters. The van der Waals surface area contributed by atoms with Crippen LogP contribution in [0.25, 0.3) is 11.4 Å². The fraction of sp³-hybridized carbons (Fsp3) is 0.250. The second-order valence-electron chi connectivity index (χ2n) is 4.27. The van der Waals surface area contributed by atoms with Gasteiger partial charge in [-0.1, -0.05) is 23.7 Å². The molecule has 1 N–H and O–H groups in total. The molecule has 5 nitrogen and oxygen atoms in total. The number of hydrogen-bond acceptors (Lipinski definition) is 3. The van der Waals surface area contributed by atoms with Crippen LogP contribution in [-0.2, 0) is 4.79 Å². The molecule has 0 radical (unpaired) electrons. The van der Waals surface area contributed by atoms with Gasteiger partial charge in [0.25, 0.3) is 5.95 Å². The van der Waals surface area contributed by atoms with Crippen molar-refractivity contribution in [3.8, 4) is 11.4 Å². The lowest BCUT2D eigenvalue weighted by Crippen LogP contribution is -2.25. The van der Waals surface area contributed by atoms with E-state index >= 15 is 0 Å². The molecule has 0 saturated carbocycles. The summed E-state index contributed by atoms with van der Waals surface area (Å²) in [4.78, 5) is 17.5. The van der Waals surface area contributed by atoms with Crippen molar-refractivity contribution >= 4 is 35.1 Å². The first-order valence-electron chi connectivity index (χ1n) is 5.77. The van der Waals surface area contributed by atoms with E-state index in [-0.39, 0.29) is 11.3 Å². The summed E-state index contributed by atoms with van der Waals surface area (Å²) in [6, 6.07) is 7.31. The highest BCUT2D eigenvalue weighted by Crippen LogP contribution is 2.27. The molecule has 19 heavy (non-hydrogen) atoms. The van der Waals surface area contributed by atoms with Crippen LogP contribution in [0.4, 0.5) is 5.95 Å². The Morgan fingerprint density at radius 3 is 2.84 bits per heavy atom. The SMILES string of the molecule is O=C1CC(Cl)CN1c1n[nH]c(-c2ccccc2Cl)n1. The highest BCUT2D eigenvalue weighted by Gasteiger charge is 2.31. The zero-order chi connectivity index (χ0) is 13.4. The lowest BCUT2D eigenvalue weighted by atomic mass is 10.2. The predicted octanol–water partition coefficient (Wildman–Crippen LogP) is 2.47. The fourth-order valence-corrected chi connectivity index (χ4v) is 2.50. The van der Waals surface area contributed by atoms with Crippen molar-refractivity contribution in [1.82, 2.24) is 15.2 Å². The van der Waals surface area contributed by atoms with Gasteiger partial charge in [0.2, 0.25) is 5.91 Å². The van der Waals surface area contributed by atoms with Gasteiger partial charge >= 0.3 is 0 Å². The molecule has 2 heterocycles. The first-order chi connectivity index (χ1) is 9.15. The molecular formula is C12H10Cl2N4O. The first-order valence-corrected chi connectivity index (χ1v) is 6.58. The Kier molecular flexibility index (Phi) is 3.16. The molecule has 0 bridgehead atoms. The van der Waals surface area contributed by atoms with E-state index in [9.17, 15) is 4.79 Å². The van der Waals surface area contributed by atoms with Crippen LogP contribution in [0.15, 0.2) is 24.3 Å². The molecule has 1 amide bonds. The summed E-state index contributed by atoms with van der Waals surface area (Å²) in [5, 5.41) is 7.24. The molecule has 7 heteroatoms. The number of aromatic nitrogens is 3. The summed E-state index contributed by atoms with van der Waals surface area (Å²) in [5.74, 6) is 0.805. The van der Waals surface area contributed by atoms with E-state index in [4.69, 9.17) is 23.2 Å². The largest absolute Gasteiger partial charge is 0.278 e. The number of rotatable bonds is 2. The number of anilines is 1. The molecule has 1 fully saturated rings. The van der Waals surface area contributed by atoms with E-state index in [0.717, 1.165) is 5.56 Å². The van der Waals surface area contributed by atoms with Crippen molar-refractivity contribution in [2.75, 3.05) is 11.4 Å². The monoisotopic (exact) mass is 296 g/mol. The molecule has 3 rings (SSSR count). The normalized spacial score (nSPS) is 19.2. The Bertz CT molecular complexity index is 628. The summed E-state index contributed by atoms with van der Waals surface area (Å²) >= 11 is 12.0. The Labute approximate surface area is 119 Å². The maximum atomic E-state index is 11.7. The average molecular weight is 297 g/mol. The number of carbonyl (C=O) groups is 1. The third-order valence-corrected chi connectivity index (χ3v) is 3.54. The lowest BCUT2D eigenvalue weighted by Gasteiger charge is -2.09. The summed E-state index contributed by atoms with van der Waals surface area (Å²) in [7, 11) is 0. The van der Waals surface area contributed by atoms with Gasteiger partial charge in [0, 0.05) is 18.5 Å². The number of hydrogen-bond donors (Lipinski definition) is 1. The summed E-state index contributed by atoms with van der Waals surface area (Å²) < 4.78 is 0.